The highest BCUT2D eigenvalue weighted by atomic mass is 35.5. The molecule has 0 aliphatic heterocycles. The van der Waals surface area contributed by atoms with Crippen molar-refractivity contribution in [3.8, 4) is 0 Å². The number of aryl methyl sites for hydroxylation is 1. The van der Waals surface area contributed by atoms with Gasteiger partial charge < -0.3 is 10.4 Å². The second kappa shape index (κ2) is 6.75. The lowest BCUT2D eigenvalue weighted by Crippen LogP contribution is -2.44. The zero-order valence-corrected chi connectivity index (χ0v) is 11.8. The Hall–Kier alpha value is -1.07. The number of carboxylic acids is 1. The molecule has 0 unspecified atom stereocenters. The number of nitrogens with one attached hydrogen (secondary N) is 1. The number of rotatable bonds is 6. The van der Waals surface area contributed by atoms with Gasteiger partial charge in [-0.05, 0) is 24.5 Å². The second-order valence-corrected chi connectivity index (χ2v) is 6.13. The summed E-state index contributed by atoms with van der Waals surface area (Å²) >= 11 is 7.21. The van der Waals surface area contributed by atoms with Crippen molar-refractivity contribution in [3.63, 3.8) is 0 Å². The van der Waals surface area contributed by atoms with Crippen molar-refractivity contribution in [2.45, 2.75) is 32.7 Å². The summed E-state index contributed by atoms with van der Waals surface area (Å²) in [6.07, 6.45) is 0.848. The monoisotopic (exact) mass is 289 g/mol. The van der Waals surface area contributed by atoms with Gasteiger partial charge in [0.15, 0.2) is 0 Å². The van der Waals surface area contributed by atoms with E-state index in [1.54, 1.807) is 19.9 Å². The number of carbonyl (C=O) groups excluding carboxylic acids is 1. The Morgan fingerprint density at radius 2 is 2.11 bits per heavy atom. The van der Waals surface area contributed by atoms with Gasteiger partial charge in [0.05, 0.1) is 4.34 Å². The minimum atomic E-state index is -1.00. The van der Waals surface area contributed by atoms with Crippen LogP contribution in [0.1, 0.15) is 25.1 Å². The van der Waals surface area contributed by atoms with Crippen molar-refractivity contribution in [1.29, 1.82) is 0 Å². The molecule has 0 saturated heterocycles. The summed E-state index contributed by atoms with van der Waals surface area (Å²) in [5.74, 6) is -1.39. The van der Waals surface area contributed by atoms with E-state index in [0.717, 1.165) is 4.88 Å². The Labute approximate surface area is 115 Å². The molecule has 0 aromatic carbocycles. The number of halogens is 1. The number of carbonyl (C=O) groups is 2. The number of amides is 1. The molecule has 100 valence electrons. The van der Waals surface area contributed by atoms with Crippen LogP contribution in [0.25, 0.3) is 0 Å². The van der Waals surface area contributed by atoms with E-state index in [1.165, 1.54) is 11.3 Å². The lowest BCUT2D eigenvalue weighted by molar-refractivity contribution is -0.143. The minimum absolute atomic E-state index is 0.136. The lowest BCUT2D eigenvalue weighted by Gasteiger charge is -2.17. The van der Waals surface area contributed by atoms with Gasteiger partial charge in [-0.1, -0.05) is 25.4 Å². The molecule has 0 fully saturated rings. The van der Waals surface area contributed by atoms with Gasteiger partial charge in [-0.3, -0.25) is 4.79 Å². The average molecular weight is 290 g/mol. The SMILES string of the molecule is CC(C)[C@H](NC(=O)CCc1ccc(Cl)s1)C(=O)O. The molecule has 2 N–H and O–H groups in total. The van der Waals surface area contributed by atoms with Crippen LogP contribution >= 0.6 is 22.9 Å². The zero-order chi connectivity index (χ0) is 13.7. The van der Waals surface area contributed by atoms with Gasteiger partial charge in [0.2, 0.25) is 5.91 Å². The summed E-state index contributed by atoms with van der Waals surface area (Å²) in [6, 6.07) is 2.83. The first-order valence-electron chi connectivity index (χ1n) is 5.66. The molecular weight excluding hydrogens is 274 g/mol. The van der Waals surface area contributed by atoms with E-state index >= 15 is 0 Å². The molecule has 18 heavy (non-hydrogen) atoms. The molecule has 0 aliphatic rings. The summed E-state index contributed by atoms with van der Waals surface area (Å²) < 4.78 is 0.691. The van der Waals surface area contributed by atoms with Crippen LogP contribution in [0, 0.1) is 5.92 Å². The third-order valence-corrected chi connectivity index (χ3v) is 3.77. The van der Waals surface area contributed by atoms with E-state index in [9.17, 15) is 9.59 Å². The fraction of sp³-hybridized carbons (Fsp3) is 0.500. The highest BCUT2D eigenvalue weighted by Crippen LogP contribution is 2.22. The molecule has 1 rings (SSSR count). The van der Waals surface area contributed by atoms with Crippen LogP contribution in [0.4, 0.5) is 0 Å². The number of aliphatic carboxylic acids is 1. The maximum absolute atomic E-state index is 11.6. The third-order valence-electron chi connectivity index (χ3n) is 2.48. The summed E-state index contributed by atoms with van der Waals surface area (Å²) in [7, 11) is 0. The van der Waals surface area contributed by atoms with Crippen LogP contribution < -0.4 is 5.32 Å². The summed E-state index contributed by atoms with van der Waals surface area (Å²) in [5, 5.41) is 11.5. The van der Waals surface area contributed by atoms with Crippen LogP contribution in [0.2, 0.25) is 4.34 Å². The molecule has 1 atom stereocenters. The molecule has 1 aromatic rings. The second-order valence-electron chi connectivity index (χ2n) is 4.33. The van der Waals surface area contributed by atoms with Crippen LogP contribution in [-0.4, -0.2) is 23.0 Å². The van der Waals surface area contributed by atoms with Crippen LogP contribution in [0.5, 0.6) is 0 Å². The summed E-state index contributed by atoms with van der Waals surface area (Å²) in [5.41, 5.74) is 0. The van der Waals surface area contributed by atoms with Crippen LogP contribution in [-0.2, 0) is 16.0 Å². The van der Waals surface area contributed by atoms with Crippen LogP contribution in [0.3, 0.4) is 0 Å². The van der Waals surface area contributed by atoms with Crippen LogP contribution in [0.15, 0.2) is 12.1 Å². The molecule has 0 aliphatic carbocycles. The number of carboxylic acid groups (broad SMARTS) is 1. The third kappa shape index (κ3) is 4.66. The normalized spacial score (nSPS) is 12.4. The first-order valence-corrected chi connectivity index (χ1v) is 6.86. The van der Waals surface area contributed by atoms with Gasteiger partial charge in [0, 0.05) is 11.3 Å². The van der Waals surface area contributed by atoms with Gasteiger partial charge in [-0.25, -0.2) is 4.79 Å². The highest BCUT2D eigenvalue weighted by molar-refractivity contribution is 7.16. The molecule has 0 spiro atoms. The smallest absolute Gasteiger partial charge is 0.326 e. The van der Waals surface area contributed by atoms with Crippen molar-refractivity contribution in [2.75, 3.05) is 0 Å². The molecule has 4 nitrogen and oxygen atoms in total. The van der Waals surface area contributed by atoms with E-state index in [4.69, 9.17) is 16.7 Å². The number of thiophene rings is 1. The Kier molecular flexibility index (Phi) is 5.62. The van der Waals surface area contributed by atoms with Crippen molar-refractivity contribution in [2.24, 2.45) is 5.92 Å². The lowest BCUT2D eigenvalue weighted by atomic mass is 10.0. The molecular formula is C12H16ClNO3S. The van der Waals surface area contributed by atoms with Crippen molar-refractivity contribution < 1.29 is 14.7 Å². The van der Waals surface area contributed by atoms with Crippen molar-refractivity contribution in [1.82, 2.24) is 5.32 Å². The predicted octanol–water partition coefficient (Wildman–Crippen LogP) is 2.56. The van der Waals surface area contributed by atoms with Crippen molar-refractivity contribution in [3.05, 3.63) is 21.3 Å². The first-order chi connectivity index (χ1) is 8.40. The average Bonchev–Trinajstić information content (AvgIpc) is 2.68. The predicted molar refractivity (Wildman–Crippen MR) is 72.1 cm³/mol. The zero-order valence-electron chi connectivity index (χ0n) is 10.3. The van der Waals surface area contributed by atoms with E-state index in [0.29, 0.717) is 10.8 Å². The van der Waals surface area contributed by atoms with E-state index in [2.05, 4.69) is 5.32 Å². The van der Waals surface area contributed by atoms with Crippen molar-refractivity contribution >= 4 is 34.8 Å². The van der Waals surface area contributed by atoms with E-state index in [-0.39, 0.29) is 18.2 Å². The Balaban J connectivity index is 2.43. The van der Waals surface area contributed by atoms with Gasteiger partial charge >= 0.3 is 5.97 Å². The maximum atomic E-state index is 11.6. The van der Waals surface area contributed by atoms with Gasteiger partial charge in [-0.2, -0.15) is 0 Å². The fourth-order valence-corrected chi connectivity index (χ4v) is 2.57. The summed E-state index contributed by atoms with van der Waals surface area (Å²) in [4.78, 5) is 23.6. The van der Waals surface area contributed by atoms with E-state index in [1.807, 2.05) is 6.07 Å². The molecule has 0 saturated carbocycles. The Bertz CT molecular complexity index is 431. The first kappa shape index (κ1) is 15.0. The van der Waals surface area contributed by atoms with Gasteiger partial charge in [-0.15, -0.1) is 11.3 Å². The Morgan fingerprint density at radius 1 is 1.44 bits per heavy atom. The van der Waals surface area contributed by atoms with Gasteiger partial charge in [0.1, 0.15) is 6.04 Å². The fourth-order valence-electron chi connectivity index (χ4n) is 1.48. The molecule has 6 heteroatoms. The van der Waals surface area contributed by atoms with Gasteiger partial charge in [0.25, 0.3) is 0 Å². The number of hydrogen-bond acceptors (Lipinski definition) is 3. The molecule has 1 heterocycles. The number of hydrogen-bond donors (Lipinski definition) is 2. The molecule has 1 amide bonds. The molecule has 1 aromatic heterocycles. The Morgan fingerprint density at radius 3 is 2.56 bits per heavy atom. The van der Waals surface area contributed by atoms with E-state index < -0.39 is 12.0 Å². The largest absolute Gasteiger partial charge is 0.480 e. The topological polar surface area (TPSA) is 66.4 Å². The minimum Gasteiger partial charge on any atom is -0.480 e. The highest BCUT2D eigenvalue weighted by Gasteiger charge is 2.23. The standard InChI is InChI=1S/C12H16ClNO3S/c1-7(2)11(12(16)17)14-10(15)6-4-8-3-5-9(13)18-8/h3,5,7,11H,4,6H2,1-2H3,(H,14,15)(H,16,17)/t11-/m0/s1. The quantitative estimate of drug-likeness (QED) is 0.846. The molecule has 0 radical (unpaired) electrons. The maximum Gasteiger partial charge on any atom is 0.326 e. The summed E-state index contributed by atoms with van der Waals surface area (Å²) in [6.45, 7) is 3.52. The molecule has 0 bridgehead atoms.